The van der Waals surface area contributed by atoms with E-state index in [1.807, 2.05) is 31.2 Å². The minimum absolute atomic E-state index is 0.0739. The van der Waals surface area contributed by atoms with Crippen LogP contribution in [0.15, 0.2) is 54.4 Å². The standard InChI is InChI=1S/C23H29FO/c1-3-5-6-8-19-9-11-21(12-10-19)18-25-23-15-13-20(14-16-23)17-22(24)7-4-2/h9-17H,3-8,18H2,1-2H3. The number of hydrogen-bond acceptors (Lipinski definition) is 1. The third-order valence-electron chi connectivity index (χ3n) is 4.19. The second-order valence-electron chi connectivity index (χ2n) is 6.47. The highest BCUT2D eigenvalue weighted by atomic mass is 19.1. The van der Waals surface area contributed by atoms with Crippen LogP contribution in [0.3, 0.4) is 0 Å². The topological polar surface area (TPSA) is 9.23 Å². The quantitative estimate of drug-likeness (QED) is 0.419. The van der Waals surface area contributed by atoms with E-state index in [9.17, 15) is 4.39 Å². The normalized spacial score (nSPS) is 11.6. The molecule has 2 heteroatoms. The van der Waals surface area contributed by atoms with E-state index in [1.165, 1.54) is 24.8 Å². The third kappa shape index (κ3) is 7.13. The first-order chi connectivity index (χ1) is 12.2. The minimum atomic E-state index is -0.0739. The van der Waals surface area contributed by atoms with Crippen molar-refractivity contribution in [3.8, 4) is 5.75 Å². The zero-order valence-corrected chi connectivity index (χ0v) is 15.4. The smallest absolute Gasteiger partial charge is 0.119 e. The van der Waals surface area contributed by atoms with Gasteiger partial charge in [-0.3, -0.25) is 0 Å². The lowest BCUT2D eigenvalue weighted by Gasteiger charge is -2.08. The molecule has 134 valence electrons. The Morgan fingerprint density at radius 1 is 0.880 bits per heavy atom. The van der Waals surface area contributed by atoms with E-state index in [-0.39, 0.29) is 5.83 Å². The van der Waals surface area contributed by atoms with Gasteiger partial charge in [0.05, 0.1) is 0 Å². The molecule has 2 aromatic carbocycles. The molecule has 0 saturated carbocycles. The van der Waals surface area contributed by atoms with Gasteiger partial charge in [0.2, 0.25) is 0 Å². The van der Waals surface area contributed by atoms with Crippen LogP contribution in [-0.2, 0) is 13.0 Å². The predicted octanol–water partition coefficient (Wildman–Crippen LogP) is 7.11. The van der Waals surface area contributed by atoms with Gasteiger partial charge >= 0.3 is 0 Å². The lowest BCUT2D eigenvalue weighted by molar-refractivity contribution is 0.306. The van der Waals surface area contributed by atoms with Crippen LogP contribution >= 0.6 is 0 Å². The van der Waals surface area contributed by atoms with Crippen LogP contribution in [0.5, 0.6) is 5.75 Å². The van der Waals surface area contributed by atoms with Gasteiger partial charge in [-0.05, 0) is 60.6 Å². The van der Waals surface area contributed by atoms with Crippen LogP contribution in [0.1, 0.15) is 62.6 Å². The lowest BCUT2D eigenvalue weighted by Crippen LogP contribution is -1.96. The van der Waals surface area contributed by atoms with E-state index >= 15 is 0 Å². The molecule has 1 nitrogen and oxygen atoms in total. The van der Waals surface area contributed by atoms with Crippen molar-refractivity contribution < 1.29 is 9.13 Å². The van der Waals surface area contributed by atoms with Crippen molar-refractivity contribution >= 4 is 6.08 Å². The van der Waals surface area contributed by atoms with Crippen molar-refractivity contribution in [1.82, 2.24) is 0 Å². The summed E-state index contributed by atoms with van der Waals surface area (Å²) in [4.78, 5) is 0. The number of benzene rings is 2. The van der Waals surface area contributed by atoms with Crippen LogP contribution < -0.4 is 4.74 Å². The van der Waals surface area contributed by atoms with Gasteiger partial charge in [-0.15, -0.1) is 0 Å². The number of halogens is 1. The maximum Gasteiger partial charge on any atom is 0.119 e. The Balaban J connectivity index is 1.83. The van der Waals surface area contributed by atoms with E-state index in [1.54, 1.807) is 6.08 Å². The van der Waals surface area contributed by atoms with Gasteiger partial charge in [0.1, 0.15) is 18.2 Å². The minimum Gasteiger partial charge on any atom is -0.489 e. The SMILES string of the molecule is CCCCCc1ccc(COc2ccc(C=C(F)CCC)cc2)cc1. The van der Waals surface area contributed by atoms with Crippen LogP contribution in [0.2, 0.25) is 0 Å². The summed E-state index contributed by atoms with van der Waals surface area (Å²) in [7, 11) is 0. The highest BCUT2D eigenvalue weighted by molar-refractivity contribution is 5.52. The first-order valence-electron chi connectivity index (χ1n) is 9.38. The molecule has 0 fully saturated rings. The number of hydrogen-bond donors (Lipinski definition) is 0. The van der Waals surface area contributed by atoms with Gasteiger partial charge in [-0.1, -0.05) is 63.1 Å². The first kappa shape index (κ1) is 19.2. The molecule has 2 rings (SSSR count). The van der Waals surface area contributed by atoms with Crippen LogP contribution in [-0.4, -0.2) is 0 Å². The molecule has 0 saturated heterocycles. The molecule has 0 heterocycles. The molecule has 0 atom stereocenters. The number of unbranched alkanes of at least 4 members (excludes halogenated alkanes) is 2. The van der Waals surface area contributed by atoms with E-state index in [4.69, 9.17) is 4.74 Å². The first-order valence-corrected chi connectivity index (χ1v) is 9.38. The summed E-state index contributed by atoms with van der Waals surface area (Å²) < 4.78 is 19.3. The van der Waals surface area contributed by atoms with Gasteiger partial charge in [-0.2, -0.15) is 0 Å². The Bertz CT molecular complexity index is 641. The Morgan fingerprint density at radius 3 is 2.20 bits per heavy atom. The van der Waals surface area contributed by atoms with Crippen LogP contribution in [0.4, 0.5) is 4.39 Å². The highest BCUT2D eigenvalue weighted by Gasteiger charge is 1.99. The molecule has 0 aliphatic rings. The summed E-state index contributed by atoms with van der Waals surface area (Å²) in [5.41, 5.74) is 3.43. The van der Waals surface area contributed by atoms with E-state index in [2.05, 4.69) is 31.2 Å². The van der Waals surface area contributed by atoms with Crippen molar-refractivity contribution in [2.75, 3.05) is 0 Å². The van der Waals surface area contributed by atoms with Gasteiger partial charge < -0.3 is 4.74 Å². The predicted molar refractivity (Wildman–Crippen MR) is 104 cm³/mol. The number of aryl methyl sites for hydroxylation is 1. The number of allylic oxidation sites excluding steroid dienone is 1. The molecule has 0 unspecified atom stereocenters. The fourth-order valence-electron chi connectivity index (χ4n) is 2.70. The second-order valence-corrected chi connectivity index (χ2v) is 6.47. The van der Waals surface area contributed by atoms with Crippen molar-refractivity contribution in [3.63, 3.8) is 0 Å². The van der Waals surface area contributed by atoms with Crippen molar-refractivity contribution in [2.45, 2.75) is 59.0 Å². The molecule has 0 spiro atoms. The zero-order chi connectivity index (χ0) is 17.9. The molecule has 0 radical (unpaired) electrons. The average molecular weight is 340 g/mol. The molecular weight excluding hydrogens is 311 g/mol. The van der Waals surface area contributed by atoms with E-state index in [0.29, 0.717) is 13.0 Å². The largest absolute Gasteiger partial charge is 0.489 e. The lowest BCUT2D eigenvalue weighted by atomic mass is 10.1. The fourth-order valence-corrected chi connectivity index (χ4v) is 2.70. The molecule has 0 aliphatic carbocycles. The summed E-state index contributed by atoms with van der Waals surface area (Å²) in [5, 5.41) is 0. The summed E-state index contributed by atoms with van der Waals surface area (Å²) in [5.74, 6) is 0.732. The summed E-state index contributed by atoms with van der Waals surface area (Å²) in [6.07, 6.45) is 7.85. The Hall–Kier alpha value is -2.09. The molecule has 0 aromatic heterocycles. The Kier molecular flexibility index (Phi) is 8.24. The highest BCUT2D eigenvalue weighted by Crippen LogP contribution is 2.18. The molecule has 0 aliphatic heterocycles. The average Bonchev–Trinajstić information content (AvgIpc) is 2.63. The van der Waals surface area contributed by atoms with Crippen molar-refractivity contribution in [1.29, 1.82) is 0 Å². The second kappa shape index (κ2) is 10.7. The summed E-state index contributed by atoms with van der Waals surface area (Å²) >= 11 is 0. The number of rotatable bonds is 10. The molecule has 0 bridgehead atoms. The maximum atomic E-state index is 13.5. The Morgan fingerprint density at radius 2 is 1.56 bits per heavy atom. The molecule has 25 heavy (non-hydrogen) atoms. The van der Waals surface area contributed by atoms with Gasteiger partial charge in [-0.25, -0.2) is 4.39 Å². The molecule has 2 aromatic rings. The van der Waals surface area contributed by atoms with Crippen molar-refractivity contribution in [2.24, 2.45) is 0 Å². The van der Waals surface area contributed by atoms with Gasteiger partial charge in [0.25, 0.3) is 0 Å². The number of ether oxygens (including phenoxy) is 1. The van der Waals surface area contributed by atoms with Crippen LogP contribution in [0.25, 0.3) is 6.08 Å². The Labute approximate surface area is 151 Å². The van der Waals surface area contributed by atoms with E-state index in [0.717, 1.165) is 29.7 Å². The molecule has 0 N–H and O–H groups in total. The van der Waals surface area contributed by atoms with Gasteiger partial charge in [0, 0.05) is 0 Å². The molecular formula is C23H29FO. The van der Waals surface area contributed by atoms with E-state index < -0.39 is 0 Å². The van der Waals surface area contributed by atoms with Crippen LogP contribution in [0, 0.1) is 0 Å². The third-order valence-corrected chi connectivity index (χ3v) is 4.19. The zero-order valence-electron chi connectivity index (χ0n) is 15.4. The fraction of sp³-hybridized carbons (Fsp3) is 0.391. The van der Waals surface area contributed by atoms with Crippen molar-refractivity contribution in [3.05, 3.63) is 71.0 Å². The van der Waals surface area contributed by atoms with Gasteiger partial charge in [0.15, 0.2) is 0 Å². The summed E-state index contributed by atoms with van der Waals surface area (Å²) in [6, 6.07) is 16.2. The summed E-state index contributed by atoms with van der Waals surface area (Å²) in [6.45, 7) is 4.75. The monoisotopic (exact) mass is 340 g/mol. The molecule has 0 amide bonds. The maximum absolute atomic E-state index is 13.5.